The third-order valence-electron chi connectivity index (χ3n) is 3.27. The normalized spacial score (nSPS) is 15.2. The number of ketones is 1. The zero-order valence-corrected chi connectivity index (χ0v) is 12.5. The maximum absolute atomic E-state index is 13.7. The number of fused-ring (bicyclic) bond motifs is 1. The number of nitriles is 1. The van der Waals surface area contributed by atoms with Crippen molar-refractivity contribution in [3.63, 3.8) is 0 Å². The summed E-state index contributed by atoms with van der Waals surface area (Å²) in [6.45, 7) is 1.61. The number of aryl methyl sites for hydroxylation is 1. The van der Waals surface area contributed by atoms with Crippen LogP contribution in [-0.2, 0) is 0 Å². The second kappa shape index (κ2) is 5.32. The maximum Gasteiger partial charge on any atom is 0.360 e. The topological polar surface area (TPSA) is 50.1 Å². The van der Waals surface area contributed by atoms with Crippen molar-refractivity contribution in [2.24, 2.45) is 0 Å². The minimum atomic E-state index is -3.55. The molecule has 1 aliphatic heterocycles. The molecule has 3 nitrogen and oxygen atoms in total. The molecule has 1 aliphatic rings. The van der Waals surface area contributed by atoms with Crippen LogP contribution in [0.25, 0.3) is 0 Å². The van der Waals surface area contributed by atoms with Gasteiger partial charge in [0.15, 0.2) is 0 Å². The molecular weight excluding hydrogens is 327 g/mol. The van der Waals surface area contributed by atoms with E-state index in [9.17, 15) is 18.0 Å². The van der Waals surface area contributed by atoms with E-state index in [4.69, 9.17) is 10.00 Å². The highest BCUT2D eigenvalue weighted by Crippen LogP contribution is 2.51. The van der Waals surface area contributed by atoms with Crippen LogP contribution >= 0.6 is 11.8 Å². The van der Waals surface area contributed by atoms with Crippen molar-refractivity contribution in [2.75, 3.05) is 0 Å². The van der Waals surface area contributed by atoms with Gasteiger partial charge in [-0.1, -0.05) is 6.07 Å². The molecule has 0 atom stereocenters. The summed E-state index contributed by atoms with van der Waals surface area (Å²) >= 11 is 0.174. The van der Waals surface area contributed by atoms with Crippen LogP contribution in [0.5, 0.6) is 11.5 Å². The van der Waals surface area contributed by atoms with E-state index in [1.54, 1.807) is 19.1 Å². The summed E-state index contributed by atoms with van der Waals surface area (Å²) in [5.74, 6) is -2.17. The largest absolute Gasteiger partial charge is 0.456 e. The monoisotopic (exact) mass is 335 g/mol. The van der Waals surface area contributed by atoms with E-state index in [1.165, 1.54) is 12.1 Å². The Hall–Kier alpha value is -2.46. The van der Waals surface area contributed by atoms with Crippen LogP contribution < -0.4 is 4.74 Å². The molecule has 3 rings (SSSR count). The van der Waals surface area contributed by atoms with Crippen LogP contribution in [0.15, 0.2) is 35.2 Å². The predicted octanol–water partition coefficient (Wildman–Crippen LogP) is 4.68. The van der Waals surface area contributed by atoms with Crippen LogP contribution in [0.2, 0.25) is 0 Å². The minimum Gasteiger partial charge on any atom is -0.456 e. The second-order valence-electron chi connectivity index (χ2n) is 4.92. The Bertz CT molecular complexity index is 874. The zero-order valence-electron chi connectivity index (χ0n) is 11.7. The number of hydrogen-bond acceptors (Lipinski definition) is 4. The van der Waals surface area contributed by atoms with Crippen LogP contribution in [0, 0.1) is 24.1 Å². The highest BCUT2D eigenvalue weighted by Gasteiger charge is 2.50. The molecule has 0 unspecified atom stereocenters. The first-order chi connectivity index (χ1) is 10.8. The molecule has 0 N–H and O–H groups in total. The summed E-state index contributed by atoms with van der Waals surface area (Å²) in [6, 6.07) is 7.98. The van der Waals surface area contributed by atoms with Crippen LogP contribution in [0.4, 0.5) is 13.2 Å². The molecule has 0 saturated heterocycles. The van der Waals surface area contributed by atoms with Crippen LogP contribution in [-0.4, -0.2) is 11.0 Å². The van der Waals surface area contributed by atoms with E-state index < -0.39 is 16.9 Å². The second-order valence-corrected chi connectivity index (χ2v) is 6.05. The number of rotatable bonds is 2. The predicted molar refractivity (Wildman–Crippen MR) is 77.5 cm³/mol. The van der Waals surface area contributed by atoms with Gasteiger partial charge in [0, 0.05) is 11.0 Å². The fraction of sp³-hybridized carbons (Fsp3) is 0.125. The lowest BCUT2D eigenvalue weighted by molar-refractivity contribution is 0.0580. The van der Waals surface area contributed by atoms with E-state index in [-0.39, 0.29) is 39.3 Å². The molecule has 23 heavy (non-hydrogen) atoms. The van der Waals surface area contributed by atoms with E-state index in [0.29, 0.717) is 5.56 Å². The molecule has 0 radical (unpaired) electrons. The number of thioether (sulfide) groups is 1. The van der Waals surface area contributed by atoms with Crippen molar-refractivity contribution in [2.45, 2.75) is 17.1 Å². The third-order valence-corrected chi connectivity index (χ3v) is 4.44. The molecule has 0 aliphatic carbocycles. The quantitative estimate of drug-likeness (QED) is 0.799. The summed E-state index contributed by atoms with van der Waals surface area (Å²) in [4.78, 5) is 12.0. The average Bonchev–Trinajstić information content (AvgIpc) is 2.73. The summed E-state index contributed by atoms with van der Waals surface area (Å²) in [5.41, 5.74) is 0.331. The number of ether oxygens (including phenoxy) is 1. The Morgan fingerprint density at radius 3 is 2.70 bits per heavy atom. The zero-order chi connectivity index (χ0) is 16.8. The van der Waals surface area contributed by atoms with Gasteiger partial charge in [0.05, 0.1) is 17.2 Å². The lowest BCUT2D eigenvalue weighted by Crippen LogP contribution is -2.18. The number of carbonyl (C=O) groups excluding carboxylic acids is 1. The summed E-state index contributed by atoms with van der Waals surface area (Å²) < 4.78 is 46.2. The minimum absolute atomic E-state index is 0.0230. The van der Waals surface area contributed by atoms with Gasteiger partial charge < -0.3 is 4.74 Å². The number of nitrogens with zero attached hydrogens (tertiary/aromatic N) is 1. The van der Waals surface area contributed by atoms with Crippen LogP contribution in [0.1, 0.15) is 21.5 Å². The van der Waals surface area contributed by atoms with Gasteiger partial charge in [-0.25, -0.2) is 4.39 Å². The van der Waals surface area contributed by atoms with Gasteiger partial charge in [-0.05, 0) is 42.4 Å². The average molecular weight is 335 g/mol. The highest BCUT2D eigenvalue weighted by molar-refractivity contribution is 8.01. The van der Waals surface area contributed by atoms with E-state index in [2.05, 4.69) is 0 Å². The maximum atomic E-state index is 13.7. The van der Waals surface area contributed by atoms with E-state index >= 15 is 0 Å². The Balaban J connectivity index is 2.08. The van der Waals surface area contributed by atoms with Crippen molar-refractivity contribution < 1.29 is 22.7 Å². The van der Waals surface area contributed by atoms with Crippen molar-refractivity contribution in [1.29, 1.82) is 5.26 Å². The fourth-order valence-corrected chi connectivity index (χ4v) is 3.21. The lowest BCUT2D eigenvalue weighted by Gasteiger charge is -2.11. The summed E-state index contributed by atoms with van der Waals surface area (Å²) in [7, 11) is 0. The Kier molecular flexibility index (Phi) is 3.57. The fourth-order valence-electron chi connectivity index (χ4n) is 2.23. The lowest BCUT2D eigenvalue weighted by atomic mass is 10.1. The van der Waals surface area contributed by atoms with Crippen molar-refractivity contribution in [3.05, 3.63) is 52.8 Å². The Labute approximate surface area is 133 Å². The summed E-state index contributed by atoms with van der Waals surface area (Å²) in [5, 5.41) is 5.28. The van der Waals surface area contributed by atoms with Gasteiger partial charge in [0.25, 0.3) is 0 Å². The Morgan fingerprint density at radius 1 is 1.26 bits per heavy atom. The number of alkyl halides is 2. The van der Waals surface area contributed by atoms with Gasteiger partial charge in [-0.3, -0.25) is 4.79 Å². The van der Waals surface area contributed by atoms with Gasteiger partial charge in [-0.2, -0.15) is 14.0 Å². The SMILES string of the molecule is Cc1ccc(Oc2cc(F)cc(C#N)c2)c2c1SC(F)(F)C2=O. The smallest absolute Gasteiger partial charge is 0.360 e. The van der Waals surface area contributed by atoms with E-state index in [0.717, 1.165) is 12.1 Å². The Morgan fingerprint density at radius 2 is 2.00 bits per heavy atom. The molecule has 0 aromatic heterocycles. The van der Waals surface area contributed by atoms with Gasteiger partial charge >= 0.3 is 5.25 Å². The van der Waals surface area contributed by atoms with Crippen molar-refractivity contribution >= 4 is 17.5 Å². The van der Waals surface area contributed by atoms with Gasteiger partial charge in [0.2, 0.25) is 5.78 Å². The summed E-state index contributed by atoms with van der Waals surface area (Å²) in [6.07, 6.45) is 0. The van der Waals surface area contributed by atoms with Crippen LogP contribution in [0.3, 0.4) is 0 Å². The van der Waals surface area contributed by atoms with Gasteiger partial charge in [0.1, 0.15) is 17.3 Å². The molecule has 0 fully saturated rings. The molecule has 2 aromatic carbocycles. The standard InChI is InChI=1S/C16H8F3NO2S/c1-8-2-3-12(13-14(8)23-16(18,19)15(13)21)22-11-5-9(7-20)4-10(17)6-11/h2-6H,1H3. The first kappa shape index (κ1) is 15.4. The highest BCUT2D eigenvalue weighted by atomic mass is 32.2. The number of hydrogen-bond donors (Lipinski definition) is 0. The molecule has 7 heteroatoms. The first-order valence-electron chi connectivity index (χ1n) is 6.45. The molecule has 0 amide bonds. The molecule has 0 bridgehead atoms. The molecule has 116 valence electrons. The van der Waals surface area contributed by atoms with Gasteiger partial charge in [-0.15, -0.1) is 0 Å². The molecule has 1 heterocycles. The number of benzene rings is 2. The first-order valence-corrected chi connectivity index (χ1v) is 7.27. The number of halogens is 3. The molecule has 0 saturated carbocycles. The number of Topliss-reactive ketones (excluding diaryl/α,β-unsaturated/α-hetero) is 1. The molecule has 2 aromatic rings. The van der Waals surface area contributed by atoms with Crippen molar-refractivity contribution in [3.8, 4) is 17.6 Å². The van der Waals surface area contributed by atoms with E-state index in [1.807, 2.05) is 0 Å². The third kappa shape index (κ3) is 2.66. The molecular formula is C16H8F3NO2S. The number of carbonyl (C=O) groups is 1. The molecule has 0 spiro atoms. The van der Waals surface area contributed by atoms with Crippen molar-refractivity contribution in [1.82, 2.24) is 0 Å².